The summed E-state index contributed by atoms with van der Waals surface area (Å²) in [5, 5.41) is 4.50. The zero-order valence-corrected chi connectivity index (χ0v) is 13.7. The molecule has 3 heterocycles. The van der Waals surface area contributed by atoms with Gasteiger partial charge in [-0.2, -0.15) is 9.97 Å². The average Bonchev–Trinajstić information content (AvgIpc) is 3.01. The third-order valence-electron chi connectivity index (χ3n) is 4.21. The number of aromatic nitrogens is 3. The van der Waals surface area contributed by atoms with Crippen LogP contribution in [0.15, 0.2) is 36.4 Å². The van der Waals surface area contributed by atoms with Crippen molar-refractivity contribution >= 4 is 22.8 Å². The van der Waals surface area contributed by atoms with Crippen LogP contribution in [0.4, 0.5) is 11.8 Å². The number of aryl methyl sites for hydroxylation is 1. The number of rotatable bonds is 4. The van der Waals surface area contributed by atoms with Gasteiger partial charge in [-0.05, 0) is 18.6 Å². The van der Waals surface area contributed by atoms with E-state index in [-0.39, 0.29) is 0 Å². The molecule has 4 rings (SSSR count). The van der Waals surface area contributed by atoms with E-state index in [1.165, 1.54) is 5.56 Å². The molecule has 6 nitrogen and oxygen atoms in total. The third-order valence-corrected chi connectivity index (χ3v) is 4.21. The number of ether oxygens (including phenoxy) is 1. The Labute approximate surface area is 140 Å². The first kappa shape index (κ1) is 15.0. The summed E-state index contributed by atoms with van der Waals surface area (Å²) in [4.78, 5) is 15.0. The van der Waals surface area contributed by atoms with Gasteiger partial charge in [0, 0.05) is 25.3 Å². The molecule has 1 aromatic carbocycles. The topological polar surface area (TPSA) is 66.1 Å². The number of anilines is 2. The van der Waals surface area contributed by atoms with E-state index in [4.69, 9.17) is 14.7 Å². The maximum absolute atomic E-state index is 5.43. The molecule has 0 atom stereocenters. The minimum atomic E-state index is 0.720. The van der Waals surface area contributed by atoms with Gasteiger partial charge in [0.15, 0.2) is 0 Å². The lowest BCUT2D eigenvalue weighted by atomic mass is 10.2. The minimum Gasteiger partial charge on any atom is -0.378 e. The summed E-state index contributed by atoms with van der Waals surface area (Å²) < 4.78 is 5.43. The summed E-state index contributed by atoms with van der Waals surface area (Å²) in [6.45, 7) is 5.86. The third kappa shape index (κ3) is 3.05. The van der Waals surface area contributed by atoms with Crippen LogP contribution in [0.1, 0.15) is 11.3 Å². The fourth-order valence-electron chi connectivity index (χ4n) is 2.95. The quantitative estimate of drug-likeness (QED) is 0.773. The monoisotopic (exact) mass is 323 g/mol. The first-order valence-electron chi connectivity index (χ1n) is 8.27. The van der Waals surface area contributed by atoms with Crippen LogP contribution in [0.2, 0.25) is 0 Å². The number of H-pyrrole nitrogens is 1. The second kappa shape index (κ2) is 6.49. The van der Waals surface area contributed by atoms with Gasteiger partial charge in [0.2, 0.25) is 5.95 Å². The van der Waals surface area contributed by atoms with Gasteiger partial charge in [0.25, 0.3) is 0 Å². The van der Waals surface area contributed by atoms with Gasteiger partial charge >= 0.3 is 0 Å². The van der Waals surface area contributed by atoms with Crippen molar-refractivity contribution in [2.75, 3.05) is 36.5 Å². The summed E-state index contributed by atoms with van der Waals surface area (Å²) >= 11 is 0. The van der Waals surface area contributed by atoms with Gasteiger partial charge in [0.05, 0.1) is 18.6 Å². The summed E-state index contributed by atoms with van der Waals surface area (Å²) in [6.07, 6.45) is 0. The van der Waals surface area contributed by atoms with Crippen LogP contribution < -0.4 is 10.2 Å². The number of benzene rings is 1. The van der Waals surface area contributed by atoms with Crippen LogP contribution in [0.25, 0.3) is 11.0 Å². The van der Waals surface area contributed by atoms with Gasteiger partial charge in [0.1, 0.15) is 11.5 Å². The van der Waals surface area contributed by atoms with Crippen molar-refractivity contribution in [2.24, 2.45) is 0 Å². The molecule has 0 unspecified atom stereocenters. The van der Waals surface area contributed by atoms with Crippen LogP contribution in [0.5, 0.6) is 0 Å². The second-order valence-electron chi connectivity index (χ2n) is 6.03. The molecule has 3 aromatic rings. The molecule has 1 aliphatic heterocycles. The molecular weight excluding hydrogens is 302 g/mol. The Hall–Kier alpha value is -2.60. The maximum atomic E-state index is 5.43. The molecule has 0 spiro atoms. The summed E-state index contributed by atoms with van der Waals surface area (Å²) in [6, 6.07) is 12.4. The fourth-order valence-corrected chi connectivity index (χ4v) is 2.95. The Kier molecular flexibility index (Phi) is 4.04. The lowest BCUT2D eigenvalue weighted by Gasteiger charge is -2.27. The Balaban J connectivity index is 1.66. The van der Waals surface area contributed by atoms with E-state index in [0.717, 1.165) is 61.3 Å². The number of fused-ring (bicyclic) bond motifs is 1. The van der Waals surface area contributed by atoms with E-state index in [1.54, 1.807) is 0 Å². The Morgan fingerprint density at radius 2 is 1.96 bits per heavy atom. The van der Waals surface area contributed by atoms with Crippen molar-refractivity contribution in [3.63, 3.8) is 0 Å². The largest absolute Gasteiger partial charge is 0.378 e. The standard InChI is InChI=1S/C18H21N5O/c1-13-11-15-16(19-12-14-5-3-2-4-6-14)21-18(22-17(15)20-13)23-7-9-24-10-8-23/h2-6,11H,7-10,12H2,1H3,(H2,19,20,21,22). The Morgan fingerprint density at radius 1 is 1.17 bits per heavy atom. The number of nitrogens with zero attached hydrogens (tertiary/aromatic N) is 3. The highest BCUT2D eigenvalue weighted by molar-refractivity contribution is 5.89. The molecule has 2 aromatic heterocycles. The lowest BCUT2D eigenvalue weighted by molar-refractivity contribution is 0.122. The number of nitrogens with one attached hydrogen (secondary N) is 2. The molecular formula is C18H21N5O. The Bertz CT molecular complexity index is 824. The van der Waals surface area contributed by atoms with E-state index < -0.39 is 0 Å². The molecule has 124 valence electrons. The molecule has 24 heavy (non-hydrogen) atoms. The van der Waals surface area contributed by atoms with Crippen molar-refractivity contribution in [1.82, 2.24) is 15.0 Å². The first-order valence-corrected chi connectivity index (χ1v) is 8.27. The zero-order chi connectivity index (χ0) is 16.4. The highest BCUT2D eigenvalue weighted by Gasteiger charge is 2.17. The van der Waals surface area contributed by atoms with Crippen molar-refractivity contribution in [2.45, 2.75) is 13.5 Å². The first-order chi connectivity index (χ1) is 11.8. The normalized spacial score (nSPS) is 15.0. The van der Waals surface area contributed by atoms with E-state index in [1.807, 2.05) is 25.1 Å². The molecule has 0 aliphatic carbocycles. The van der Waals surface area contributed by atoms with E-state index in [9.17, 15) is 0 Å². The molecule has 1 saturated heterocycles. The summed E-state index contributed by atoms with van der Waals surface area (Å²) in [7, 11) is 0. The van der Waals surface area contributed by atoms with Crippen LogP contribution in [-0.2, 0) is 11.3 Å². The summed E-state index contributed by atoms with van der Waals surface area (Å²) in [5.74, 6) is 1.62. The molecule has 0 amide bonds. The lowest BCUT2D eigenvalue weighted by Crippen LogP contribution is -2.37. The molecule has 0 bridgehead atoms. The van der Waals surface area contributed by atoms with Crippen LogP contribution in [-0.4, -0.2) is 41.3 Å². The van der Waals surface area contributed by atoms with Gasteiger partial charge in [-0.25, -0.2) is 0 Å². The van der Waals surface area contributed by atoms with Crippen LogP contribution in [0, 0.1) is 6.92 Å². The van der Waals surface area contributed by atoms with E-state index >= 15 is 0 Å². The number of morpholine rings is 1. The molecule has 1 aliphatic rings. The molecule has 0 saturated carbocycles. The van der Waals surface area contributed by atoms with Gasteiger partial charge in [-0.3, -0.25) is 0 Å². The van der Waals surface area contributed by atoms with Crippen molar-refractivity contribution < 1.29 is 4.74 Å². The number of aromatic amines is 1. The fraction of sp³-hybridized carbons (Fsp3) is 0.333. The highest BCUT2D eigenvalue weighted by atomic mass is 16.5. The summed E-state index contributed by atoms with van der Waals surface area (Å²) in [5.41, 5.74) is 3.19. The van der Waals surface area contributed by atoms with Crippen molar-refractivity contribution in [3.8, 4) is 0 Å². The van der Waals surface area contributed by atoms with Crippen LogP contribution >= 0.6 is 0 Å². The zero-order valence-electron chi connectivity index (χ0n) is 13.7. The van der Waals surface area contributed by atoms with Crippen LogP contribution in [0.3, 0.4) is 0 Å². The molecule has 2 N–H and O–H groups in total. The van der Waals surface area contributed by atoms with E-state index in [0.29, 0.717) is 0 Å². The van der Waals surface area contributed by atoms with Gasteiger partial charge < -0.3 is 19.9 Å². The molecule has 0 radical (unpaired) electrons. The predicted octanol–water partition coefficient (Wildman–Crippen LogP) is 2.72. The minimum absolute atomic E-state index is 0.720. The smallest absolute Gasteiger partial charge is 0.229 e. The predicted molar refractivity (Wildman–Crippen MR) is 95.4 cm³/mol. The Morgan fingerprint density at radius 3 is 2.75 bits per heavy atom. The second-order valence-corrected chi connectivity index (χ2v) is 6.03. The van der Waals surface area contributed by atoms with Crippen molar-refractivity contribution in [1.29, 1.82) is 0 Å². The molecule has 6 heteroatoms. The van der Waals surface area contributed by atoms with Gasteiger partial charge in [-0.15, -0.1) is 0 Å². The number of hydrogen-bond acceptors (Lipinski definition) is 5. The maximum Gasteiger partial charge on any atom is 0.229 e. The van der Waals surface area contributed by atoms with Gasteiger partial charge in [-0.1, -0.05) is 30.3 Å². The van der Waals surface area contributed by atoms with E-state index in [2.05, 4.69) is 33.4 Å². The van der Waals surface area contributed by atoms with Crippen molar-refractivity contribution in [3.05, 3.63) is 47.7 Å². The number of hydrogen-bond donors (Lipinski definition) is 2. The SMILES string of the molecule is Cc1cc2c(NCc3ccccc3)nc(N3CCOCC3)nc2[nH]1. The highest BCUT2D eigenvalue weighted by Crippen LogP contribution is 2.25. The average molecular weight is 323 g/mol. The molecule has 1 fully saturated rings.